The average molecular weight is 326 g/mol. The molecule has 19 heavy (non-hydrogen) atoms. The summed E-state index contributed by atoms with van der Waals surface area (Å²) in [6, 6.07) is 0. The molecule has 1 aromatic heterocycles. The molecule has 1 atom stereocenters. The van der Waals surface area contributed by atoms with E-state index in [4.69, 9.17) is 0 Å². The van der Waals surface area contributed by atoms with Gasteiger partial charge >= 0.3 is 0 Å². The number of halogens is 2. The van der Waals surface area contributed by atoms with Crippen molar-refractivity contribution in [3.63, 3.8) is 0 Å². The smallest absolute Gasteiger partial charge is 0.227 e. The summed E-state index contributed by atoms with van der Waals surface area (Å²) in [6.45, 7) is 4.47. The molecule has 1 N–H and O–H groups in total. The highest BCUT2D eigenvalue weighted by Crippen LogP contribution is 2.15. The van der Waals surface area contributed by atoms with Crippen molar-refractivity contribution in [1.82, 2.24) is 15.2 Å². The van der Waals surface area contributed by atoms with E-state index in [2.05, 4.69) is 10.3 Å². The summed E-state index contributed by atoms with van der Waals surface area (Å²) < 4.78 is 0. The molecule has 0 saturated carbocycles. The van der Waals surface area contributed by atoms with Crippen LogP contribution in [0.4, 0.5) is 0 Å². The molecule has 0 bridgehead atoms. The lowest BCUT2D eigenvalue weighted by molar-refractivity contribution is -0.135. The van der Waals surface area contributed by atoms with Crippen LogP contribution in [-0.4, -0.2) is 35.9 Å². The van der Waals surface area contributed by atoms with Crippen molar-refractivity contribution < 1.29 is 4.79 Å². The molecule has 1 amide bonds. The average Bonchev–Trinajstić information content (AvgIpc) is 2.75. The lowest BCUT2D eigenvalue weighted by Crippen LogP contribution is -2.41. The van der Waals surface area contributed by atoms with Gasteiger partial charge in [-0.1, -0.05) is 0 Å². The zero-order valence-electron chi connectivity index (χ0n) is 11.2. The van der Waals surface area contributed by atoms with E-state index in [1.807, 2.05) is 19.4 Å². The van der Waals surface area contributed by atoms with E-state index in [0.29, 0.717) is 6.54 Å². The second-order valence-electron chi connectivity index (χ2n) is 4.60. The topological polar surface area (TPSA) is 45.2 Å². The van der Waals surface area contributed by atoms with Crippen LogP contribution in [0, 0.1) is 12.8 Å². The van der Waals surface area contributed by atoms with E-state index < -0.39 is 0 Å². The number of carbonyl (C=O) groups excluding carboxylic acids is 1. The minimum absolute atomic E-state index is 0. The summed E-state index contributed by atoms with van der Waals surface area (Å²) in [4.78, 5) is 18.4. The minimum Gasteiger partial charge on any atom is -0.340 e. The highest BCUT2D eigenvalue weighted by Gasteiger charge is 2.24. The molecular weight excluding hydrogens is 305 g/mol. The fraction of sp³-hybridized carbons (Fsp3) is 0.667. The fourth-order valence-electron chi connectivity index (χ4n) is 2.18. The summed E-state index contributed by atoms with van der Waals surface area (Å²) in [5, 5.41) is 6.36. The minimum atomic E-state index is 0. The second kappa shape index (κ2) is 8.74. The summed E-state index contributed by atoms with van der Waals surface area (Å²) in [5.74, 6) is 0.385. The molecule has 0 unspecified atom stereocenters. The van der Waals surface area contributed by atoms with Gasteiger partial charge in [-0.15, -0.1) is 36.2 Å². The number of rotatable bonds is 3. The van der Waals surface area contributed by atoms with Crippen LogP contribution in [0.5, 0.6) is 0 Å². The third-order valence-electron chi connectivity index (χ3n) is 3.09. The molecule has 110 valence electrons. The van der Waals surface area contributed by atoms with Crippen molar-refractivity contribution in [2.75, 3.05) is 20.1 Å². The standard InChI is InChI=1S/C12H19N3OS.2ClH/c1-9-14-11(8-17-9)7-15(2)12(16)10-4-3-5-13-6-10;;/h8,10,13H,3-7H2,1-2H3;2*1H/t10-;;/m1../s1. The Morgan fingerprint density at radius 3 is 2.84 bits per heavy atom. The number of piperidine rings is 1. The van der Waals surface area contributed by atoms with E-state index in [9.17, 15) is 4.79 Å². The number of nitrogens with one attached hydrogen (secondary N) is 1. The first kappa shape index (κ1) is 18.6. The molecule has 1 aromatic rings. The zero-order chi connectivity index (χ0) is 12.3. The number of aryl methyl sites for hydroxylation is 1. The molecule has 2 heterocycles. The molecule has 1 aliphatic heterocycles. The first-order valence-electron chi connectivity index (χ1n) is 6.03. The molecule has 1 aliphatic rings. The van der Waals surface area contributed by atoms with Gasteiger partial charge in [0.05, 0.1) is 23.2 Å². The molecule has 0 radical (unpaired) electrons. The Balaban J connectivity index is 0.00000162. The summed E-state index contributed by atoms with van der Waals surface area (Å²) in [6.07, 6.45) is 2.10. The Bertz CT molecular complexity index is 394. The van der Waals surface area contributed by atoms with Crippen molar-refractivity contribution in [1.29, 1.82) is 0 Å². The van der Waals surface area contributed by atoms with Gasteiger partial charge in [0.1, 0.15) is 0 Å². The van der Waals surface area contributed by atoms with Crippen LogP contribution >= 0.6 is 36.2 Å². The van der Waals surface area contributed by atoms with Gasteiger partial charge in [0.25, 0.3) is 0 Å². The maximum Gasteiger partial charge on any atom is 0.227 e. The predicted molar refractivity (Wildman–Crippen MR) is 83.4 cm³/mol. The van der Waals surface area contributed by atoms with E-state index in [-0.39, 0.29) is 36.6 Å². The SMILES string of the molecule is Cc1nc(CN(C)C(=O)[C@@H]2CCCNC2)cs1.Cl.Cl. The monoisotopic (exact) mass is 325 g/mol. The zero-order valence-corrected chi connectivity index (χ0v) is 13.7. The molecular formula is C12H21Cl2N3OS. The lowest BCUT2D eigenvalue weighted by atomic mass is 9.98. The first-order valence-corrected chi connectivity index (χ1v) is 6.91. The van der Waals surface area contributed by atoms with Gasteiger partial charge in [0.15, 0.2) is 0 Å². The number of thiazole rings is 1. The van der Waals surface area contributed by atoms with Gasteiger partial charge in [0, 0.05) is 19.0 Å². The van der Waals surface area contributed by atoms with Crippen LogP contribution in [0.3, 0.4) is 0 Å². The van der Waals surface area contributed by atoms with Crippen LogP contribution < -0.4 is 5.32 Å². The highest BCUT2D eigenvalue weighted by molar-refractivity contribution is 7.09. The molecule has 0 spiro atoms. The summed E-state index contributed by atoms with van der Waals surface area (Å²) >= 11 is 1.63. The Hall–Kier alpha value is -0.360. The number of nitrogens with zero attached hydrogens (tertiary/aromatic N) is 2. The van der Waals surface area contributed by atoms with Gasteiger partial charge in [0.2, 0.25) is 5.91 Å². The number of hydrogen-bond donors (Lipinski definition) is 1. The van der Waals surface area contributed by atoms with Gasteiger partial charge in [-0.2, -0.15) is 0 Å². The number of amides is 1. The van der Waals surface area contributed by atoms with Gasteiger partial charge in [-0.05, 0) is 26.3 Å². The summed E-state index contributed by atoms with van der Waals surface area (Å²) in [5.41, 5.74) is 0.993. The Morgan fingerprint density at radius 2 is 2.32 bits per heavy atom. The number of hydrogen-bond acceptors (Lipinski definition) is 4. The van der Waals surface area contributed by atoms with E-state index >= 15 is 0 Å². The first-order chi connectivity index (χ1) is 8.16. The normalized spacial score (nSPS) is 18.1. The predicted octanol–water partition coefficient (Wildman–Crippen LogP) is 2.25. The molecule has 2 rings (SSSR count). The Labute approximate surface area is 130 Å². The van der Waals surface area contributed by atoms with Crippen LogP contribution in [0.2, 0.25) is 0 Å². The van der Waals surface area contributed by atoms with Crippen LogP contribution in [-0.2, 0) is 11.3 Å². The highest BCUT2D eigenvalue weighted by atomic mass is 35.5. The third kappa shape index (κ3) is 5.26. The maximum atomic E-state index is 12.2. The molecule has 7 heteroatoms. The van der Waals surface area contributed by atoms with Gasteiger partial charge in [-0.3, -0.25) is 4.79 Å². The van der Waals surface area contributed by atoms with Crippen molar-refractivity contribution >= 4 is 42.1 Å². The number of carbonyl (C=O) groups is 1. The van der Waals surface area contributed by atoms with Crippen molar-refractivity contribution in [3.05, 3.63) is 16.1 Å². The van der Waals surface area contributed by atoms with Crippen LogP contribution in [0.1, 0.15) is 23.5 Å². The van der Waals surface area contributed by atoms with E-state index in [1.165, 1.54) is 0 Å². The van der Waals surface area contributed by atoms with Crippen LogP contribution in [0.15, 0.2) is 5.38 Å². The maximum absolute atomic E-state index is 12.2. The van der Waals surface area contributed by atoms with Crippen molar-refractivity contribution in [2.45, 2.75) is 26.3 Å². The second-order valence-corrected chi connectivity index (χ2v) is 5.66. The molecule has 0 aromatic carbocycles. The largest absolute Gasteiger partial charge is 0.340 e. The number of aromatic nitrogens is 1. The van der Waals surface area contributed by atoms with Crippen molar-refractivity contribution in [2.24, 2.45) is 5.92 Å². The van der Waals surface area contributed by atoms with Crippen LogP contribution in [0.25, 0.3) is 0 Å². The Morgan fingerprint density at radius 1 is 1.58 bits per heavy atom. The quantitative estimate of drug-likeness (QED) is 0.927. The lowest BCUT2D eigenvalue weighted by Gasteiger charge is -2.26. The van der Waals surface area contributed by atoms with Gasteiger partial charge in [-0.25, -0.2) is 4.98 Å². The van der Waals surface area contributed by atoms with Crippen molar-refractivity contribution in [3.8, 4) is 0 Å². The Kier molecular flexibility index (Phi) is 8.57. The molecule has 1 saturated heterocycles. The van der Waals surface area contributed by atoms with E-state index in [1.54, 1.807) is 16.2 Å². The van der Waals surface area contributed by atoms with Gasteiger partial charge < -0.3 is 10.2 Å². The molecule has 4 nitrogen and oxygen atoms in total. The summed E-state index contributed by atoms with van der Waals surface area (Å²) in [7, 11) is 1.87. The molecule has 0 aliphatic carbocycles. The third-order valence-corrected chi connectivity index (χ3v) is 3.91. The fourth-order valence-corrected chi connectivity index (χ4v) is 2.78. The molecule has 1 fully saturated rings. The van der Waals surface area contributed by atoms with E-state index in [0.717, 1.165) is 36.6 Å².